The van der Waals surface area contributed by atoms with Crippen LogP contribution < -0.4 is 10.1 Å². The molecule has 2 heterocycles. The maximum absolute atomic E-state index is 11.9. The van der Waals surface area contributed by atoms with E-state index in [9.17, 15) is 4.79 Å². The molecule has 120 valence electrons. The van der Waals surface area contributed by atoms with Crippen molar-refractivity contribution in [1.29, 1.82) is 0 Å². The highest BCUT2D eigenvalue weighted by Crippen LogP contribution is 2.19. The molecule has 1 aliphatic rings. The zero-order valence-electron chi connectivity index (χ0n) is 12.6. The molecule has 1 saturated heterocycles. The number of hydrogen-bond donors (Lipinski definition) is 1. The van der Waals surface area contributed by atoms with Gasteiger partial charge in [-0.1, -0.05) is 18.2 Å². The van der Waals surface area contributed by atoms with Crippen LogP contribution in [0.1, 0.15) is 5.69 Å². The van der Waals surface area contributed by atoms with Crippen LogP contribution in [0.3, 0.4) is 0 Å². The van der Waals surface area contributed by atoms with Crippen molar-refractivity contribution < 1.29 is 19.0 Å². The number of ether oxygens (including phenoxy) is 3. The number of rotatable bonds is 5. The number of pyridine rings is 1. The second kappa shape index (κ2) is 7.71. The molecule has 0 radical (unpaired) electrons. The fourth-order valence-electron chi connectivity index (χ4n) is 2.13. The number of nitrogens with one attached hydrogen (secondary N) is 1. The van der Waals surface area contributed by atoms with Gasteiger partial charge >= 0.3 is 0 Å². The standard InChI is InChI=1S/C17H18N2O4/c20-17(16-12-21-8-9-22-16)19-10-13-6-7-15(11-18-13)23-14-4-2-1-3-5-14/h1-7,11,16H,8-10,12H2,(H,19,20). The highest BCUT2D eigenvalue weighted by molar-refractivity contribution is 5.80. The molecule has 0 aliphatic carbocycles. The van der Waals surface area contributed by atoms with Crippen molar-refractivity contribution >= 4 is 5.91 Å². The van der Waals surface area contributed by atoms with E-state index in [1.165, 1.54) is 0 Å². The number of carbonyl (C=O) groups is 1. The van der Waals surface area contributed by atoms with Crippen LogP contribution in [0, 0.1) is 0 Å². The predicted octanol–water partition coefficient (Wildman–Crippen LogP) is 1.91. The minimum atomic E-state index is -0.538. The van der Waals surface area contributed by atoms with Gasteiger partial charge in [0.25, 0.3) is 5.91 Å². The number of aromatic nitrogens is 1. The van der Waals surface area contributed by atoms with E-state index in [-0.39, 0.29) is 5.91 Å². The van der Waals surface area contributed by atoms with E-state index in [0.29, 0.717) is 32.1 Å². The highest BCUT2D eigenvalue weighted by atomic mass is 16.6. The van der Waals surface area contributed by atoms with E-state index < -0.39 is 6.10 Å². The van der Waals surface area contributed by atoms with Crippen LogP contribution >= 0.6 is 0 Å². The van der Waals surface area contributed by atoms with Gasteiger partial charge < -0.3 is 19.5 Å². The smallest absolute Gasteiger partial charge is 0.251 e. The molecule has 2 aromatic rings. The first-order valence-electron chi connectivity index (χ1n) is 7.46. The van der Waals surface area contributed by atoms with Gasteiger partial charge in [-0.05, 0) is 24.3 Å². The average molecular weight is 314 g/mol. The van der Waals surface area contributed by atoms with Gasteiger partial charge in [0.2, 0.25) is 0 Å². The summed E-state index contributed by atoms with van der Waals surface area (Å²) >= 11 is 0. The van der Waals surface area contributed by atoms with E-state index in [1.54, 1.807) is 6.20 Å². The molecule has 1 amide bonds. The summed E-state index contributed by atoms with van der Waals surface area (Å²) in [4.78, 5) is 16.2. The van der Waals surface area contributed by atoms with Gasteiger partial charge in [0.1, 0.15) is 11.5 Å². The van der Waals surface area contributed by atoms with E-state index in [4.69, 9.17) is 14.2 Å². The Morgan fingerprint density at radius 3 is 2.74 bits per heavy atom. The van der Waals surface area contributed by atoms with Gasteiger partial charge in [-0.25, -0.2) is 0 Å². The summed E-state index contributed by atoms with van der Waals surface area (Å²) in [5.41, 5.74) is 0.746. The summed E-state index contributed by atoms with van der Waals surface area (Å²) < 4.78 is 16.2. The summed E-state index contributed by atoms with van der Waals surface area (Å²) in [6.07, 6.45) is 1.10. The maximum atomic E-state index is 11.9. The Morgan fingerprint density at radius 1 is 1.17 bits per heavy atom. The highest BCUT2D eigenvalue weighted by Gasteiger charge is 2.22. The fraction of sp³-hybridized carbons (Fsp3) is 0.294. The quantitative estimate of drug-likeness (QED) is 0.913. The zero-order valence-corrected chi connectivity index (χ0v) is 12.6. The van der Waals surface area contributed by atoms with E-state index in [0.717, 1.165) is 11.4 Å². The number of benzene rings is 1. The molecule has 1 aliphatic heterocycles. The number of carbonyl (C=O) groups excluding carboxylic acids is 1. The van der Waals surface area contributed by atoms with Gasteiger partial charge in [0, 0.05) is 0 Å². The van der Waals surface area contributed by atoms with Crippen molar-refractivity contribution in [2.24, 2.45) is 0 Å². The Morgan fingerprint density at radius 2 is 2.04 bits per heavy atom. The van der Waals surface area contributed by atoms with Crippen LogP contribution in [-0.2, 0) is 20.8 Å². The summed E-state index contributed by atoms with van der Waals surface area (Å²) in [6, 6.07) is 13.1. The van der Waals surface area contributed by atoms with E-state index in [2.05, 4.69) is 10.3 Å². The van der Waals surface area contributed by atoms with Crippen LogP contribution in [-0.4, -0.2) is 36.8 Å². The van der Waals surface area contributed by atoms with Gasteiger partial charge in [-0.3, -0.25) is 9.78 Å². The predicted molar refractivity (Wildman–Crippen MR) is 83.2 cm³/mol. The molecule has 0 spiro atoms. The van der Waals surface area contributed by atoms with E-state index >= 15 is 0 Å². The Labute approximate surface area is 134 Å². The van der Waals surface area contributed by atoms with Crippen LogP contribution in [0.25, 0.3) is 0 Å². The molecule has 1 aromatic heterocycles. The second-order valence-electron chi connectivity index (χ2n) is 5.05. The first kappa shape index (κ1) is 15.5. The van der Waals surface area contributed by atoms with Gasteiger partial charge in [-0.15, -0.1) is 0 Å². The Kier molecular flexibility index (Phi) is 5.18. The third-order valence-electron chi connectivity index (χ3n) is 3.33. The lowest BCUT2D eigenvalue weighted by Crippen LogP contribution is -2.42. The third kappa shape index (κ3) is 4.51. The summed E-state index contributed by atoms with van der Waals surface area (Å²) in [7, 11) is 0. The summed E-state index contributed by atoms with van der Waals surface area (Å²) in [5.74, 6) is 1.22. The summed E-state index contributed by atoms with van der Waals surface area (Å²) in [6.45, 7) is 1.61. The summed E-state index contributed by atoms with van der Waals surface area (Å²) in [5, 5.41) is 2.79. The molecular weight excluding hydrogens is 296 g/mol. The number of para-hydroxylation sites is 1. The molecule has 6 nitrogen and oxygen atoms in total. The van der Waals surface area contributed by atoms with E-state index in [1.807, 2.05) is 42.5 Å². The van der Waals surface area contributed by atoms with Crippen LogP contribution in [0.5, 0.6) is 11.5 Å². The lowest BCUT2D eigenvalue weighted by Gasteiger charge is -2.21. The molecule has 1 fully saturated rings. The van der Waals surface area contributed by atoms with Crippen molar-refractivity contribution in [3.63, 3.8) is 0 Å². The molecule has 6 heteroatoms. The molecule has 1 unspecified atom stereocenters. The number of nitrogens with zero attached hydrogens (tertiary/aromatic N) is 1. The lowest BCUT2D eigenvalue weighted by atomic mass is 10.3. The van der Waals surface area contributed by atoms with Crippen molar-refractivity contribution in [2.45, 2.75) is 12.6 Å². The third-order valence-corrected chi connectivity index (χ3v) is 3.33. The van der Waals surface area contributed by atoms with Crippen molar-refractivity contribution in [3.8, 4) is 11.5 Å². The molecule has 0 bridgehead atoms. The normalized spacial score (nSPS) is 17.5. The molecule has 3 rings (SSSR count). The Bertz CT molecular complexity index is 625. The van der Waals surface area contributed by atoms with Gasteiger partial charge in [0.15, 0.2) is 6.10 Å². The minimum absolute atomic E-state index is 0.184. The SMILES string of the molecule is O=C(NCc1ccc(Oc2ccccc2)cn1)C1COCCO1. The second-order valence-corrected chi connectivity index (χ2v) is 5.05. The van der Waals surface area contributed by atoms with Gasteiger partial charge in [-0.2, -0.15) is 0 Å². The lowest BCUT2D eigenvalue weighted by molar-refractivity contribution is -0.147. The average Bonchev–Trinajstić information content (AvgIpc) is 2.62. The zero-order chi connectivity index (χ0) is 15.9. The van der Waals surface area contributed by atoms with Crippen molar-refractivity contribution in [3.05, 3.63) is 54.4 Å². The van der Waals surface area contributed by atoms with Crippen LogP contribution in [0.2, 0.25) is 0 Å². The minimum Gasteiger partial charge on any atom is -0.456 e. The largest absolute Gasteiger partial charge is 0.456 e. The fourth-order valence-corrected chi connectivity index (χ4v) is 2.13. The topological polar surface area (TPSA) is 69.7 Å². The molecular formula is C17H18N2O4. The molecule has 1 N–H and O–H groups in total. The van der Waals surface area contributed by atoms with Crippen molar-refractivity contribution in [1.82, 2.24) is 10.3 Å². The first-order valence-corrected chi connectivity index (χ1v) is 7.46. The molecule has 1 atom stereocenters. The number of hydrogen-bond acceptors (Lipinski definition) is 5. The molecule has 0 saturated carbocycles. The monoisotopic (exact) mass is 314 g/mol. The van der Waals surface area contributed by atoms with Crippen LogP contribution in [0.4, 0.5) is 0 Å². The first-order chi connectivity index (χ1) is 11.3. The Balaban J connectivity index is 1.50. The van der Waals surface area contributed by atoms with Gasteiger partial charge in [0.05, 0.1) is 38.3 Å². The number of amides is 1. The molecule has 1 aromatic carbocycles. The Hall–Kier alpha value is -2.44. The molecule has 23 heavy (non-hydrogen) atoms. The maximum Gasteiger partial charge on any atom is 0.251 e. The van der Waals surface area contributed by atoms with Crippen LogP contribution in [0.15, 0.2) is 48.7 Å². The van der Waals surface area contributed by atoms with Crippen molar-refractivity contribution in [2.75, 3.05) is 19.8 Å².